The highest BCUT2D eigenvalue weighted by Gasteiger charge is 2.36. The Morgan fingerprint density at radius 3 is 2.08 bits per heavy atom. The lowest BCUT2D eigenvalue weighted by Gasteiger charge is -2.16. The fourth-order valence-electron chi connectivity index (χ4n) is 2.64. The van der Waals surface area contributed by atoms with E-state index in [0.29, 0.717) is 11.4 Å². The summed E-state index contributed by atoms with van der Waals surface area (Å²) in [5.74, 6) is -0.969. The summed E-state index contributed by atoms with van der Waals surface area (Å²) in [6, 6.07) is 9.97. The van der Waals surface area contributed by atoms with Crippen LogP contribution in [0.3, 0.4) is 0 Å². The topological polar surface area (TPSA) is 113 Å². The van der Waals surface area contributed by atoms with E-state index in [-0.39, 0.29) is 16.4 Å². The van der Waals surface area contributed by atoms with E-state index in [0.717, 1.165) is 24.3 Å². The number of aliphatic hydroxyl groups is 1. The van der Waals surface area contributed by atoms with Gasteiger partial charge < -0.3 is 10.4 Å². The molecule has 0 radical (unpaired) electrons. The van der Waals surface area contributed by atoms with E-state index in [9.17, 15) is 26.3 Å². The van der Waals surface area contributed by atoms with Crippen LogP contribution >= 0.6 is 0 Å². The van der Waals surface area contributed by atoms with Crippen molar-refractivity contribution in [3.8, 4) is 0 Å². The Hall–Kier alpha value is -2.17. The lowest BCUT2D eigenvalue weighted by atomic mass is 10.2. The summed E-state index contributed by atoms with van der Waals surface area (Å²) in [7, 11) is -7.11. The highest BCUT2D eigenvalue weighted by atomic mass is 32.2. The quantitative estimate of drug-likeness (QED) is 0.695. The summed E-state index contributed by atoms with van der Waals surface area (Å²) in [5, 5.41) is 12.7. The van der Waals surface area contributed by atoms with Gasteiger partial charge in [-0.2, -0.15) is 0 Å². The molecule has 7 nitrogen and oxygen atoms in total. The predicted molar refractivity (Wildman–Crippen MR) is 95.7 cm³/mol. The van der Waals surface area contributed by atoms with Crippen LogP contribution in [0.5, 0.6) is 0 Å². The number of aliphatic hydroxyl groups excluding tert-OH is 1. The fourth-order valence-corrected chi connectivity index (χ4v) is 5.44. The minimum Gasteiger partial charge on any atom is -0.390 e. The van der Waals surface area contributed by atoms with Gasteiger partial charge in [0.25, 0.3) is 10.0 Å². The first-order chi connectivity index (χ1) is 12.1. The minimum atomic E-state index is -3.85. The number of hydrogen-bond donors (Lipinski definition) is 3. The second-order valence-electron chi connectivity index (χ2n) is 6.03. The molecule has 1 saturated heterocycles. The summed E-state index contributed by atoms with van der Waals surface area (Å²) < 4.78 is 62.8. The highest BCUT2D eigenvalue weighted by molar-refractivity contribution is 7.92. The summed E-state index contributed by atoms with van der Waals surface area (Å²) in [6.45, 7) is 0. The third kappa shape index (κ3) is 4.32. The lowest BCUT2D eigenvalue weighted by Crippen LogP contribution is -2.31. The van der Waals surface area contributed by atoms with Crippen LogP contribution in [0.1, 0.15) is 0 Å². The van der Waals surface area contributed by atoms with Crippen LogP contribution in [0, 0.1) is 5.82 Å². The van der Waals surface area contributed by atoms with Crippen molar-refractivity contribution in [3.63, 3.8) is 0 Å². The number of benzene rings is 2. The largest absolute Gasteiger partial charge is 0.390 e. The average molecular weight is 400 g/mol. The first-order valence-electron chi connectivity index (χ1n) is 7.68. The zero-order valence-corrected chi connectivity index (χ0v) is 15.1. The van der Waals surface area contributed by atoms with Crippen molar-refractivity contribution >= 4 is 31.2 Å². The van der Waals surface area contributed by atoms with Gasteiger partial charge in [0, 0.05) is 11.4 Å². The minimum absolute atomic E-state index is 0.0691. The van der Waals surface area contributed by atoms with Crippen LogP contribution in [0.25, 0.3) is 0 Å². The van der Waals surface area contributed by atoms with Crippen molar-refractivity contribution in [2.75, 3.05) is 21.5 Å². The van der Waals surface area contributed by atoms with Crippen molar-refractivity contribution in [2.45, 2.75) is 17.0 Å². The monoisotopic (exact) mass is 400 g/mol. The molecule has 140 valence electrons. The molecule has 0 spiro atoms. The third-order valence-corrected chi connectivity index (χ3v) is 7.05. The Labute approximate surface area is 150 Å². The van der Waals surface area contributed by atoms with E-state index >= 15 is 0 Å². The van der Waals surface area contributed by atoms with Crippen molar-refractivity contribution in [3.05, 3.63) is 54.3 Å². The van der Waals surface area contributed by atoms with E-state index in [4.69, 9.17) is 0 Å². The molecule has 1 heterocycles. The fraction of sp³-hybridized carbons (Fsp3) is 0.250. The predicted octanol–water partition coefficient (Wildman–Crippen LogP) is 1.20. The molecule has 0 bridgehead atoms. The van der Waals surface area contributed by atoms with Crippen LogP contribution in [-0.2, 0) is 19.9 Å². The molecule has 0 saturated carbocycles. The highest BCUT2D eigenvalue weighted by Crippen LogP contribution is 2.21. The van der Waals surface area contributed by atoms with Crippen molar-refractivity contribution in [1.29, 1.82) is 0 Å². The molecule has 0 amide bonds. The van der Waals surface area contributed by atoms with Gasteiger partial charge >= 0.3 is 0 Å². The molecule has 2 atom stereocenters. The maximum Gasteiger partial charge on any atom is 0.261 e. The molecule has 26 heavy (non-hydrogen) atoms. The summed E-state index contributed by atoms with van der Waals surface area (Å²) >= 11 is 0. The average Bonchev–Trinajstić information content (AvgIpc) is 2.81. The van der Waals surface area contributed by atoms with Gasteiger partial charge in [-0.1, -0.05) is 0 Å². The SMILES string of the molecule is O=S1(=O)C[C@@H](O)[C@@H](Nc2ccc(NS(=O)(=O)c3ccc(F)cc3)cc2)C1. The van der Waals surface area contributed by atoms with Crippen LogP contribution in [0.2, 0.25) is 0 Å². The van der Waals surface area contributed by atoms with Gasteiger partial charge in [0.05, 0.1) is 28.5 Å². The normalized spacial score (nSPS) is 22.1. The van der Waals surface area contributed by atoms with Crippen molar-refractivity contribution in [1.82, 2.24) is 0 Å². The molecular formula is C16H17FN2O5S2. The third-order valence-electron chi connectivity index (χ3n) is 3.94. The van der Waals surface area contributed by atoms with E-state index in [1.54, 1.807) is 12.1 Å². The standard InChI is InChI=1S/C16H17FN2O5S2/c17-11-1-7-14(8-2-11)26(23,24)19-13-5-3-12(4-6-13)18-15-9-25(21,22)10-16(15)20/h1-8,15-16,18-20H,9-10H2/t15-,16+/m0/s1. The maximum absolute atomic E-state index is 12.9. The van der Waals surface area contributed by atoms with Gasteiger partial charge in [-0.05, 0) is 48.5 Å². The van der Waals surface area contributed by atoms with Crippen LogP contribution in [-0.4, -0.2) is 45.6 Å². The van der Waals surface area contributed by atoms with Gasteiger partial charge in [-0.25, -0.2) is 21.2 Å². The van der Waals surface area contributed by atoms with Gasteiger partial charge in [-0.15, -0.1) is 0 Å². The lowest BCUT2D eigenvalue weighted by molar-refractivity contribution is 0.190. The number of rotatable bonds is 5. The van der Waals surface area contributed by atoms with Crippen LogP contribution in [0.15, 0.2) is 53.4 Å². The molecule has 10 heteroatoms. The number of sulfonamides is 1. The molecule has 2 aromatic carbocycles. The molecule has 2 aromatic rings. The second-order valence-corrected chi connectivity index (χ2v) is 9.87. The van der Waals surface area contributed by atoms with Gasteiger partial charge in [0.1, 0.15) is 5.82 Å². The smallest absolute Gasteiger partial charge is 0.261 e. The summed E-state index contributed by atoms with van der Waals surface area (Å²) in [4.78, 5) is -0.0691. The first kappa shape index (κ1) is 18.6. The molecule has 1 aliphatic rings. The maximum atomic E-state index is 12.9. The van der Waals surface area contributed by atoms with Crippen molar-refractivity contribution in [2.24, 2.45) is 0 Å². The summed E-state index contributed by atoms with van der Waals surface area (Å²) in [6.07, 6.45) is -0.989. The Morgan fingerprint density at radius 1 is 0.962 bits per heavy atom. The van der Waals surface area contributed by atoms with Crippen molar-refractivity contribution < 1.29 is 26.3 Å². The van der Waals surface area contributed by atoms with E-state index in [1.807, 2.05) is 0 Å². The number of sulfone groups is 1. The van der Waals surface area contributed by atoms with E-state index in [2.05, 4.69) is 10.0 Å². The zero-order valence-electron chi connectivity index (χ0n) is 13.5. The zero-order chi connectivity index (χ0) is 18.9. The Morgan fingerprint density at radius 2 is 1.54 bits per heavy atom. The van der Waals surface area contributed by atoms with Crippen LogP contribution in [0.4, 0.5) is 15.8 Å². The van der Waals surface area contributed by atoms with Gasteiger partial charge in [0.2, 0.25) is 0 Å². The molecule has 1 fully saturated rings. The van der Waals surface area contributed by atoms with E-state index < -0.39 is 37.8 Å². The first-order valence-corrected chi connectivity index (χ1v) is 11.0. The number of nitrogens with one attached hydrogen (secondary N) is 2. The molecule has 3 rings (SSSR count). The Kier molecular flexibility index (Phi) is 4.91. The van der Waals surface area contributed by atoms with Gasteiger partial charge in [0.15, 0.2) is 9.84 Å². The molecule has 1 aliphatic heterocycles. The summed E-state index contributed by atoms with van der Waals surface area (Å²) in [5.41, 5.74) is 0.843. The Bertz CT molecular complexity index is 990. The molecular weight excluding hydrogens is 383 g/mol. The van der Waals surface area contributed by atoms with Crippen LogP contribution < -0.4 is 10.0 Å². The molecule has 0 aromatic heterocycles. The number of halogens is 1. The number of anilines is 2. The molecule has 0 unspecified atom stereocenters. The Balaban J connectivity index is 1.69. The van der Waals surface area contributed by atoms with Gasteiger partial charge in [-0.3, -0.25) is 4.72 Å². The van der Waals surface area contributed by atoms with E-state index in [1.165, 1.54) is 12.1 Å². The molecule has 0 aliphatic carbocycles. The molecule has 3 N–H and O–H groups in total. The number of hydrogen-bond acceptors (Lipinski definition) is 6. The second kappa shape index (κ2) is 6.86.